The number of anilines is 2. The van der Waals surface area contributed by atoms with Crippen molar-refractivity contribution in [3.05, 3.63) is 40.8 Å². The van der Waals surface area contributed by atoms with Crippen LogP contribution < -0.4 is 9.80 Å². The maximum absolute atomic E-state index is 4.65. The van der Waals surface area contributed by atoms with Gasteiger partial charge in [0.15, 0.2) is 0 Å². The van der Waals surface area contributed by atoms with Gasteiger partial charge in [-0.25, -0.2) is 4.98 Å². The predicted octanol–water partition coefficient (Wildman–Crippen LogP) is 4.13. The zero-order valence-corrected chi connectivity index (χ0v) is 16.6. The Morgan fingerprint density at radius 2 is 1.96 bits per heavy atom. The van der Waals surface area contributed by atoms with Crippen molar-refractivity contribution in [2.45, 2.75) is 19.8 Å². The smallest absolute Gasteiger partial charge is 0.205 e. The quantitative estimate of drug-likeness (QED) is 0.640. The summed E-state index contributed by atoms with van der Waals surface area (Å²) in [5, 5.41) is 2.26. The molecule has 0 radical (unpaired) electrons. The number of pyridine rings is 1. The summed E-state index contributed by atoms with van der Waals surface area (Å²) in [7, 11) is 0. The van der Waals surface area contributed by atoms with Crippen LogP contribution in [0.1, 0.15) is 19.2 Å². The fourth-order valence-electron chi connectivity index (χ4n) is 3.25. The molecule has 0 saturated carbocycles. The second kappa shape index (κ2) is 7.25. The van der Waals surface area contributed by atoms with Crippen LogP contribution in [-0.4, -0.2) is 40.5 Å². The number of aromatic nitrogens is 3. The van der Waals surface area contributed by atoms with Gasteiger partial charge in [0.25, 0.3) is 0 Å². The van der Waals surface area contributed by atoms with Crippen LogP contribution in [0.15, 0.2) is 34.9 Å². The zero-order chi connectivity index (χ0) is 17.2. The molecule has 0 aliphatic carbocycles. The molecule has 1 aromatic carbocycles. The van der Waals surface area contributed by atoms with Crippen LogP contribution in [0.5, 0.6) is 0 Å². The summed E-state index contributed by atoms with van der Waals surface area (Å²) in [5.74, 6) is 0.950. The Kier molecular flexibility index (Phi) is 4.85. The molecule has 2 aromatic heterocycles. The van der Waals surface area contributed by atoms with E-state index in [0.717, 1.165) is 60.0 Å². The van der Waals surface area contributed by atoms with Crippen molar-refractivity contribution in [3.8, 4) is 0 Å². The summed E-state index contributed by atoms with van der Waals surface area (Å²) in [5.41, 5.74) is 2.30. The molecular weight excluding hydrogens is 398 g/mol. The second-order valence-electron chi connectivity index (χ2n) is 6.17. The van der Waals surface area contributed by atoms with Crippen LogP contribution in [0.4, 0.5) is 10.8 Å². The third-order valence-electron chi connectivity index (χ3n) is 4.56. The van der Waals surface area contributed by atoms with Crippen LogP contribution in [-0.2, 0) is 6.42 Å². The van der Waals surface area contributed by atoms with Gasteiger partial charge in [0.1, 0.15) is 5.82 Å². The van der Waals surface area contributed by atoms with Gasteiger partial charge in [-0.3, -0.25) is 4.98 Å². The standard InChI is InChI=1S/C18H20BrN5S/c1-2-17-21-18(25-22-17)24-9-3-8-23(10-11-24)16-6-7-20-15-5-4-13(19)12-14(15)16/h4-7,12H,2-3,8-11H2,1H3. The van der Waals surface area contributed by atoms with E-state index < -0.39 is 0 Å². The number of aryl methyl sites for hydroxylation is 1. The molecule has 0 bridgehead atoms. The number of nitrogens with zero attached hydrogens (tertiary/aromatic N) is 5. The Morgan fingerprint density at radius 3 is 2.80 bits per heavy atom. The first-order valence-corrected chi connectivity index (χ1v) is 10.2. The number of rotatable bonds is 3. The largest absolute Gasteiger partial charge is 0.369 e. The molecule has 1 fully saturated rings. The highest BCUT2D eigenvalue weighted by Gasteiger charge is 2.19. The molecule has 4 rings (SSSR count). The van der Waals surface area contributed by atoms with E-state index in [1.807, 2.05) is 12.3 Å². The topological polar surface area (TPSA) is 45.2 Å². The Morgan fingerprint density at radius 1 is 1.12 bits per heavy atom. The molecule has 25 heavy (non-hydrogen) atoms. The molecule has 0 N–H and O–H groups in total. The Balaban J connectivity index is 1.58. The van der Waals surface area contributed by atoms with Gasteiger partial charge in [-0.05, 0) is 30.7 Å². The average Bonchev–Trinajstić information content (AvgIpc) is 2.98. The highest BCUT2D eigenvalue weighted by atomic mass is 79.9. The van der Waals surface area contributed by atoms with Crippen LogP contribution >= 0.6 is 27.5 Å². The third kappa shape index (κ3) is 3.48. The van der Waals surface area contributed by atoms with E-state index in [1.54, 1.807) is 0 Å². The molecule has 7 heteroatoms. The summed E-state index contributed by atoms with van der Waals surface area (Å²) < 4.78 is 5.52. The van der Waals surface area contributed by atoms with Gasteiger partial charge < -0.3 is 9.80 Å². The second-order valence-corrected chi connectivity index (χ2v) is 7.81. The van der Waals surface area contributed by atoms with Crippen molar-refractivity contribution in [1.82, 2.24) is 14.3 Å². The molecule has 1 aliphatic heterocycles. The minimum atomic E-state index is 0.897. The molecule has 0 spiro atoms. The molecular formula is C18H20BrN5S. The summed E-state index contributed by atoms with van der Waals surface area (Å²) in [6.07, 6.45) is 3.92. The molecule has 130 valence electrons. The third-order valence-corrected chi connectivity index (χ3v) is 5.87. The first kappa shape index (κ1) is 16.7. The molecule has 3 aromatic rings. The summed E-state index contributed by atoms with van der Waals surface area (Å²) >= 11 is 5.11. The van der Waals surface area contributed by atoms with E-state index >= 15 is 0 Å². The maximum Gasteiger partial charge on any atom is 0.205 e. The summed E-state index contributed by atoms with van der Waals surface area (Å²) in [6, 6.07) is 8.41. The van der Waals surface area contributed by atoms with E-state index in [9.17, 15) is 0 Å². The van der Waals surface area contributed by atoms with Crippen molar-refractivity contribution in [2.24, 2.45) is 0 Å². The number of halogens is 1. The lowest BCUT2D eigenvalue weighted by Crippen LogP contribution is -2.30. The van der Waals surface area contributed by atoms with Gasteiger partial charge in [0, 0.05) is 65.9 Å². The molecule has 1 aliphatic rings. The molecule has 1 saturated heterocycles. The van der Waals surface area contributed by atoms with Crippen LogP contribution in [0.25, 0.3) is 10.9 Å². The van der Waals surface area contributed by atoms with Crippen LogP contribution in [0.2, 0.25) is 0 Å². The van der Waals surface area contributed by atoms with Gasteiger partial charge in [0.05, 0.1) is 5.52 Å². The fourth-order valence-corrected chi connectivity index (χ4v) is 4.41. The summed E-state index contributed by atoms with van der Waals surface area (Å²) in [4.78, 5) is 14.0. The molecule has 0 atom stereocenters. The van der Waals surface area contributed by atoms with Crippen LogP contribution in [0, 0.1) is 0 Å². The minimum absolute atomic E-state index is 0.897. The Bertz CT molecular complexity index is 881. The fraction of sp³-hybridized carbons (Fsp3) is 0.389. The predicted molar refractivity (Wildman–Crippen MR) is 108 cm³/mol. The number of fused-ring (bicyclic) bond motifs is 1. The number of hydrogen-bond acceptors (Lipinski definition) is 6. The van der Waals surface area contributed by atoms with Gasteiger partial charge in [-0.2, -0.15) is 4.37 Å². The first-order chi connectivity index (χ1) is 12.2. The van der Waals surface area contributed by atoms with E-state index in [-0.39, 0.29) is 0 Å². The Hall–Kier alpha value is -1.73. The van der Waals surface area contributed by atoms with Crippen molar-refractivity contribution < 1.29 is 0 Å². The molecule has 0 amide bonds. The lowest BCUT2D eigenvalue weighted by Gasteiger charge is -2.24. The number of benzene rings is 1. The lowest BCUT2D eigenvalue weighted by molar-refractivity contribution is 0.802. The molecule has 5 nitrogen and oxygen atoms in total. The molecule has 3 heterocycles. The van der Waals surface area contributed by atoms with E-state index in [4.69, 9.17) is 0 Å². The highest BCUT2D eigenvalue weighted by molar-refractivity contribution is 9.10. The lowest BCUT2D eigenvalue weighted by atomic mass is 10.1. The Labute approximate surface area is 160 Å². The van der Waals surface area contributed by atoms with Crippen molar-refractivity contribution in [3.63, 3.8) is 0 Å². The van der Waals surface area contributed by atoms with E-state index in [1.165, 1.54) is 22.6 Å². The van der Waals surface area contributed by atoms with Gasteiger partial charge in [0.2, 0.25) is 5.13 Å². The van der Waals surface area contributed by atoms with Crippen molar-refractivity contribution >= 4 is 49.2 Å². The van der Waals surface area contributed by atoms with Crippen molar-refractivity contribution in [2.75, 3.05) is 36.0 Å². The van der Waals surface area contributed by atoms with Gasteiger partial charge in [-0.1, -0.05) is 22.9 Å². The first-order valence-electron chi connectivity index (χ1n) is 8.61. The van der Waals surface area contributed by atoms with Gasteiger partial charge in [-0.15, -0.1) is 0 Å². The monoisotopic (exact) mass is 417 g/mol. The zero-order valence-electron chi connectivity index (χ0n) is 14.2. The van der Waals surface area contributed by atoms with Crippen molar-refractivity contribution in [1.29, 1.82) is 0 Å². The molecule has 0 unspecified atom stereocenters. The number of hydrogen-bond donors (Lipinski definition) is 0. The average molecular weight is 418 g/mol. The van der Waals surface area contributed by atoms with Gasteiger partial charge >= 0.3 is 0 Å². The van der Waals surface area contributed by atoms with E-state index in [0.29, 0.717) is 0 Å². The highest BCUT2D eigenvalue weighted by Crippen LogP contribution is 2.29. The van der Waals surface area contributed by atoms with Crippen LogP contribution in [0.3, 0.4) is 0 Å². The maximum atomic E-state index is 4.65. The SMILES string of the molecule is CCc1nsc(N2CCCN(c3ccnc4ccc(Br)cc34)CC2)n1. The minimum Gasteiger partial charge on any atom is -0.369 e. The van der Waals surface area contributed by atoms with E-state index in [2.05, 4.69) is 65.2 Å². The normalized spacial score (nSPS) is 15.6. The summed E-state index contributed by atoms with van der Waals surface area (Å²) in [6.45, 7) is 6.12.